The first-order chi connectivity index (χ1) is 10.5. The lowest BCUT2D eigenvalue weighted by atomic mass is 10.0. The Hall–Kier alpha value is -2.49. The fourth-order valence-corrected chi connectivity index (χ4v) is 2.30. The molecule has 0 aliphatic rings. The molecule has 0 saturated carbocycles. The molecule has 0 saturated heterocycles. The van der Waals surface area contributed by atoms with Gasteiger partial charge >= 0.3 is 5.97 Å². The summed E-state index contributed by atoms with van der Waals surface area (Å²) in [5.41, 5.74) is 2.90. The number of benzene rings is 2. The molecule has 0 aliphatic heterocycles. The number of methoxy groups -OCH3 is 1. The third kappa shape index (κ3) is 4.01. The van der Waals surface area contributed by atoms with Crippen LogP contribution in [0.3, 0.4) is 0 Å². The van der Waals surface area contributed by atoms with Gasteiger partial charge in [-0.25, -0.2) is 4.79 Å². The van der Waals surface area contributed by atoms with E-state index in [0.717, 1.165) is 16.7 Å². The molecule has 4 heteroatoms. The summed E-state index contributed by atoms with van der Waals surface area (Å²) >= 11 is 0. The van der Waals surface area contributed by atoms with E-state index in [0.29, 0.717) is 11.5 Å². The molecule has 1 N–H and O–H groups in total. The van der Waals surface area contributed by atoms with Gasteiger partial charge in [-0.05, 0) is 43.2 Å². The van der Waals surface area contributed by atoms with Gasteiger partial charge in [0.2, 0.25) is 0 Å². The maximum Gasteiger partial charge on any atom is 0.345 e. The average Bonchev–Trinajstić information content (AvgIpc) is 2.47. The molecule has 22 heavy (non-hydrogen) atoms. The predicted octanol–water partition coefficient (Wildman–Crippen LogP) is 3.39. The Morgan fingerprint density at radius 1 is 1.14 bits per heavy atom. The van der Waals surface area contributed by atoms with Crippen LogP contribution in [0.15, 0.2) is 42.5 Å². The average molecular weight is 300 g/mol. The number of hydrogen-bond acceptors (Lipinski definition) is 3. The van der Waals surface area contributed by atoms with Crippen molar-refractivity contribution in [3.05, 3.63) is 59.2 Å². The number of hydrogen-bond donors (Lipinski definition) is 1. The normalized spacial score (nSPS) is 11.8. The molecule has 2 rings (SSSR count). The summed E-state index contributed by atoms with van der Waals surface area (Å²) in [6, 6.07) is 13.1. The van der Waals surface area contributed by atoms with Crippen LogP contribution < -0.4 is 9.47 Å². The Kier molecular flexibility index (Phi) is 5.04. The second kappa shape index (κ2) is 6.98. The van der Waals surface area contributed by atoms with Gasteiger partial charge in [-0.15, -0.1) is 0 Å². The lowest BCUT2D eigenvalue weighted by Gasteiger charge is -2.17. The van der Waals surface area contributed by atoms with E-state index in [9.17, 15) is 9.90 Å². The molecule has 0 radical (unpaired) electrons. The van der Waals surface area contributed by atoms with E-state index in [1.54, 1.807) is 13.2 Å². The summed E-state index contributed by atoms with van der Waals surface area (Å²) in [6.07, 6.45) is -0.716. The van der Waals surface area contributed by atoms with Crippen LogP contribution in [-0.4, -0.2) is 24.3 Å². The molecule has 0 spiro atoms. The molecule has 116 valence electrons. The first-order valence-electron chi connectivity index (χ1n) is 7.09. The lowest BCUT2D eigenvalue weighted by Crippen LogP contribution is -2.29. The zero-order valence-electron chi connectivity index (χ0n) is 13.0. The number of rotatable bonds is 6. The largest absolute Gasteiger partial charge is 0.496 e. The van der Waals surface area contributed by atoms with E-state index in [2.05, 4.69) is 0 Å². The van der Waals surface area contributed by atoms with E-state index in [1.807, 2.05) is 50.2 Å². The Morgan fingerprint density at radius 2 is 1.86 bits per heavy atom. The zero-order chi connectivity index (χ0) is 16.1. The number of aryl methyl sites for hydroxylation is 2. The molecule has 0 amide bonds. The van der Waals surface area contributed by atoms with E-state index in [4.69, 9.17) is 9.47 Å². The second-order valence-corrected chi connectivity index (χ2v) is 5.28. The van der Waals surface area contributed by atoms with E-state index >= 15 is 0 Å². The minimum atomic E-state index is -0.995. The van der Waals surface area contributed by atoms with Crippen molar-refractivity contribution in [2.75, 3.05) is 7.11 Å². The molecule has 0 heterocycles. The van der Waals surface area contributed by atoms with E-state index in [-0.39, 0.29) is 6.42 Å². The first kappa shape index (κ1) is 15.9. The van der Waals surface area contributed by atoms with Gasteiger partial charge in [0.25, 0.3) is 0 Å². The number of ether oxygens (including phenoxy) is 2. The molecule has 4 nitrogen and oxygen atoms in total. The second-order valence-electron chi connectivity index (χ2n) is 5.28. The zero-order valence-corrected chi connectivity index (χ0v) is 13.0. The third-order valence-corrected chi connectivity index (χ3v) is 3.38. The quantitative estimate of drug-likeness (QED) is 0.888. The fourth-order valence-electron chi connectivity index (χ4n) is 2.30. The van der Waals surface area contributed by atoms with Crippen molar-refractivity contribution in [3.63, 3.8) is 0 Å². The molecular formula is C18H20O4. The summed E-state index contributed by atoms with van der Waals surface area (Å²) in [5.74, 6) is 0.230. The first-order valence-corrected chi connectivity index (χ1v) is 7.09. The van der Waals surface area contributed by atoms with Crippen molar-refractivity contribution >= 4 is 5.97 Å². The molecular weight excluding hydrogens is 280 g/mol. The van der Waals surface area contributed by atoms with Crippen molar-refractivity contribution in [1.82, 2.24) is 0 Å². The standard InChI is InChI=1S/C18H20O4/c1-12-5-4-6-15(10-12)22-17(18(19)20)11-14-9-13(2)7-8-16(14)21-3/h4-10,17H,11H2,1-3H3,(H,19,20)/t17-/m1/s1. The van der Waals surface area contributed by atoms with Gasteiger partial charge < -0.3 is 14.6 Å². The molecule has 0 fully saturated rings. The molecule has 1 atom stereocenters. The van der Waals surface area contributed by atoms with Gasteiger partial charge in [-0.2, -0.15) is 0 Å². The molecule has 2 aromatic rings. The van der Waals surface area contributed by atoms with Crippen molar-refractivity contribution in [1.29, 1.82) is 0 Å². The predicted molar refractivity (Wildman–Crippen MR) is 84.7 cm³/mol. The van der Waals surface area contributed by atoms with Crippen LogP contribution in [0.25, 0.3) is 0 Å². The highest BCUT2D eigenvalue weighted by Crippen LogP contribution is 2.23. The summed E-state index contributed by atoms with van der Waals surface area (Å²) in [5, 5.41) is 9.43. The number of carbonyl (C=O) groups is 1. The lowest BCUT2D eigenvalue weighted by molar-refractivity contribution is -0.145. The van der Waals surface area contributed by atoms with E-state index < -0.39 is 12.1 Å². The topological polar surface area (TPSA) is 55.8 Å². The van der Waals surface area contributed by atoms with Gasteiger partial charge in [-0.3, -0.25) is 0 Å². The number of aliphatic carboxylic acids is 1. The minimum Gasteiger partial charge on any atom is -0.496 e. The minimum absolute atomic E-state index is 0.244. The molecule has 0 aromatic heterocycles. The third-order valence-electron chi connectivity index (χ3n) is 3.38. The smallest absolute Gasteiger partial charge is 0.345 e. The fraction of sp³-hybridized carbons (Fsp3) is 0.278. The monoisotopic (exact) mass is 300 g/mol. The Balaban J connectivity index is 2.22. The highest BCUT2D eigenvalue weighted by molar-refractivity contribution is 5.73. The maximum absolute atomic E-state index is 11.5. The SMILES string of the molecule is COc1ccc(C)cc1C[C@@H](Oc1cccc(C)c1)C(=O)O. The molecule has 0 bridgehead atoms. The number of carboxylic acid groups (broad SMARTS) is 1. The Morgan fingerprint density at radius 3 is 2.50 bits per heavy atom. The maximum atomic E-state index is 11.5. The van der Waals surface area contributed by atoms with Crippen LogP contribution >= 0.6 is 0 Å². The van der Waals surface area contributed by atoms with Crippen molar-refractivity contribution in [2.24, 2.45) is 0 Å². The molecule has 0 unspecified atom stereocenters. The van der Waals surface area contributed by atoms with Gasteiger partial charge in [0, 0.05) is 6.42 Å². The molecule has 2 aromatic carbocycles. The summed E-state index contributed by atoms with van der Waals surface area (Å²) < 4.78 is 10.9. The summed E-state index contributed by atoms with van der Waals surface area (Å²) in [7, 11) is 1.57. The van der Waals surface area contributed by atoms with Crippen LogP contribution in [0.5, 0.6) is 11.5 Å². The van der Waals surface area contributed by atoms with Crippen molar-refractivity contribution in [2.45, 2.75) is 26.4 Å². The van der Waals surface area contributed by atoms with Gasteiger partial charge in [-0.1, -0.05) is 29.8 Å². The molecule has 0 aliphatic carbocycles. The Bertz CT molecular complexity index is 664. The van der Waals surface area contributed by atoms with Crippen molar-refractivity contribution < 1.29 is 19.4 Å². The summed E-state index contributed by atoms with van der Waals surface area (Å²) in [4.78, 5) is 11.5. The van der Waals surface area contributed by atoms with E-state index in [1.165, 1.54) is 0 Å². The van der Waals surface area contributed by atoms with Crippen LogP contribution in [0, 0.1) is 13.8 Å². The van der Waals surface area contributed by atoms with Crippen LogP contribution in [-0.2, 0) is 11.2 Å². The van der Waals surface area contributed by atoms with Crippen molar-refractivity contribution in [3.8, 4) is 11.5 Å². The highest BCUT2D eigenvalue weighted by atomic mass is 16.5. The van der Waals surface area contributed by atoms with Crippen LogP contribution in [0.2, 0.25) is 0 Å². The van der Waals surface area contributed by atoms with Crippen LogP contribution in [0.1, 0.15) is 16.7 Å². The van der Waals surface area contributed by atoms with Crippen LogP contribution in [0.4, 0.5) is 0 Å². The van der Waals surface area contributed by atoms with Gasteiger partial charge in [0.05, 0.1) is 7.11 Å². The van der Waals surface area contributed by atoms with Gasteiger partial charge in [0.15, 0.2) is 6.10 Å². The summed E-state index contributed by atoms with van der Waals surface area (Å²) in [6.45, 7) is 3.90. The highest BCUT2D eigenvalue weighted by Gasteiger charge is 2.22. The van der Waals surface area contributed by atoms with Gasteiger partial charge in [0.1, 0.15) is 11.5 Å². The number of carboxylic acids is 1. The Labute approximate surface area is 130 Å².